The Bertz CT molecular complexity index is 442. The normalized spacial score (nSPS) is 10.1. The van der Waals surface area contributed by atoms with Crippen molar-refractivity contribution in [2.45, 2.75) is 6.54 Å². The first-order valence-electron chi connectivity index (χ1n) is 4.88. The minimum atomic E-state index is 0.262. The molecule has 1 aromatic carbocycles. The van der Waals surface area contributed by atoms with Gasteiger partial charge in [-0.2, -0.15) is 0 Å². The van der Waals surface area contributed by atoms with Crippen LogP contribution in [0.15, 0.2) is 42.5 Å². The van der Waals surface area contributed by atoms with Crippen LogP contribution in [0.4, 0.5) is 5.82 Å². The highest BCUT2D eigenvalue weighted by Crippen LogP contribution is 2.13. The third-order valence-corrected chi connectivity index (χ3v) is 2.31. The van der Waals surface area contributed by atoms with Gasteiger partial charge in [0.2, 0.25) is 0 Å². The second kappa shape index (κ2) is 4.86. The lowest BCUT2D eigenvalue weighted by atomic mass is 10.2. The number of hydrogen-bond acceptors (Lipinski definition) is 3. The van der Waals surface area contributed by atoms with Crippen molar-refractivity contribution >= 4 is 17.4 Å². The van der Waals surface area contributed by atoms with Gasteiger partial charge in [0, 0.05) is 6.54 Å². The lowest BCUT2D eigenvalue weighted by Crippen LogP contribution is -2.00. The van der Waals surface area contributed by atoms with Crippen LogP contribution < -0.4 is 5.32 Å². The molecule has 0 saturated carbocycles. The number of phenols is 1. The highest BCUT2D eigenvalue weighted by molar-refractivity contribution is 6.29. The third-order valence-electron chi connectivity index (χ3n) is 2.10. The number of pyridine rings is 1. The van der Waals surface area contributed by atoms with E-state index >= 15 is 0 Å². The topological polar surface area (TPSA) is 45.1 Å². The first-order chi connectivity index (χ1) is 7.74. The summed E-state index contributed by atoms with van der Waals surface area (Å²) in [4.78, 5) is 4.10. The summed E-state index contributed by atoms with van der Waals surface area (Å²) in [5.41, 5.74) is 0.988. The number of nitrogens with one attached hydrogen (secondary N) is 1. The monoisotopic (exact) mass is 234 g/mol. The summed E-state index contributed by atoms with van der Waals surface area (Å²) in [5, 5.41) is 12.9. The Kier molecular flexibility index (Phi) is 3.27. The minimum Gasteiger partial charge on any atom is -0.508 e. The highest BCUT2D eigenvalue weighted by atomic mass is 35.5. The standard InChI is InChI=1S/C12H11ClN2O/c13-11-5-2-6-12(15-11)14-8-9-3-1-4-10(16)7-9/h1-7,16H,8H2,(H,14,15). The van der Waals surface area contributed by atoms with Crippen LogP contribution in [-0.2, 0) is 6.54 Å². The van der Waals surface area contributed by atoms with E-state index in [1.54, 1.807) is 24.3 Å². The van der Waals surface area contributed by atoms with Crippen molar-refractivity contribution < 1.29 is 5.11 Å². The zero-order valence-corrected chi connectivity index (χ0v) is 9.28. The molecular weight excluding hydrogens is 224 g/mol. The molecule has 1 heterocycles. The summed E-state index contributed by atoms with van der Waals surface area (Å²) in [6, 6.07) is 12.5. The molecule has 0 amide bonds. The second-order valence-electron chi connectivity index (χ2n) is 3.37. The van der Waals surface area contributed by atoms with Crippen molar-refractivity contribution in [3.63, 3.8) is 0 Å². The van der Waals surface area contributed by atoms with Crippen molar-refractivity contribution in [1.82, 2.24) is 4.98 Å². The van der Waals surface area contributed by atoms with Gasteiger partial charge in [0.25, 0.3) is 0 Å². The van der Waals surface area contributed by atoms with E-state index in [0.717, 1.165) is 11.4 Å². The maximum Gasteiger partial charge on any atom is 0.131 e. The van der Waals surface area contributed by atoms with E-state index in [-0.39, 0.29) is 5.75 Å². The van der Waals surface area contributed by atoms with Gasteiger partial charge in [-0.1, -0.05) is 29.8 Å². The molecule has 16 heavy (non-hydrogen) atoms. The molecule has 2 N–H and O–H groups in total. The van der Waals surface area contributed by atoms with E-state index in [4.69, 9.17) is 11.6 Å². The summed E-state index contributed by atoms with van der Waals surface area (Å²) in [7, 11) is 0. The number of benzene rings is 1. The molecule has 0 bridgehead atoms. The molecular formula is C12H11ClN2O. The van der Waals surface area contributed by atoms with Crippen molar-refractivity contribution in [2.24, 2.45) is 0 Å². The number of halogens is 1. The van der Waals surface area contributed by atoms with E-state index in [2.05, 4.69) is 10.3 Å². The Morgan fingerprint density at radius 1 is 1.19 bits per heavy atom. The summed E-state index contributed by atoms with van der Waals surface area (Å²) in [6.45, 7) is 0.599. The Morgan fingerprint density at radius 3 is 2.75 bits per heavy atom. The van der Waals surface area contributed by atoms with Crippen LogP contribution in [-0.4, -0.2) is 10.1 Å². The van der Waals surface area contributed by atoms with Gasteiger partial charge in [0.05, 0.1) is 0 Å². The van der Waals surface area contributed by atoms with Crippen LogP contribution in [0, 0.1) is 0 Å². The third kappa shape index (κ3) is 2.87. The van der Waals surface area contributed by atoms with E-state index in [9.17, 15) is 5.11 Å². The second-order valence-corrected chi connectivity index (χ2v) is 3.76. The van der Waals surface area contributed by atoms with E-state index < -0.39 is 0 Å². The van der Waals surface area contributed by atoms with Crippen LogP contribution >= 0.6 is 11.6 Å². The van der Waals surface area contributed by atoms with Gasteiger partial charge in [-0.05, 0) is 29.8 Å². The van der Waals surface area contributed by atoms with Gasteiger partial charge < -0.3 is 10.4 Å². The zero-order chi connectivity index (χ0) is 11.4. The van der Waals surface area contributed by atoms with Crippen LogP contribution in [0.25, 0.3) is 0 Å². The van der Waals surface area contributed by atoms with Gasteiger partial charge in [0.15, 0.2) is 0 Å². The molecule has 4 heteroatoms. The number of anilines is 1. The quantitative estimate of drug-likeness (QED) is 0.803. The predicted octanol–water partition coefficient (Wildman–Crippen LogP) is 3.05. The number of aromatic hydroxyl groups is 1. The smallest absolute Gasteiger partial charge is 0.131 e. The van der Waals surface area contributed by atoms with Crippen LogP contribution in [0.1, 0.15) is 5.56 Å². The van der Waals surface area contributed by atoms with Gasteiger partial charge in [0.1, 0.15) is 16.7 Å². The lowest BCUT2D eigenvalue weighted by molar-refractivity contribution is 0.474. The molecule has 0 atom stereocenters. The van der Waals surface area contributed by atoms with Crippen molar-refractivity contribution in [3.05, 3.63) is 53.2 Å². The molecule has 2 aromatic rings. The van der Waals surface area contributed by atoms with Crippen molar-refractivity contribution in [1.29, 1.82) is 0 Å². The van der Waals surface area contributed by atoms with Gasteiger partial charge in [-0.15, -0.1) is 0 Å². The van der Waals surface area contributed by atoms with Gasteiger partial charge in [-0.25, -0.2) is 4.98 Å². The molecule has 0 spiro atoms. The molecule has 1 aromatic heterocycles. The van der Waals surface area contributed by atoms with E-state index in [1.165, 1.54) is 0 Å². The molecule has 0 radical (unpaired) electrons. The lowest BCUT2D eigenvalue weighted by Gasteiger charge is -2.05. The Labute approximate surface area is 98.7 Å². The molecule has 0 fully saturated rings. The van der Waals surface area contributed by atoms with Crippen LogP contribution in [0.3, 0.4) is 0 Å². The Balaban J connectivity index is 2.02. The predicted molar refractivity (Wildman–Crippen MR) is 64.7 cm³/mol. The molecule has 0 aliphatic carbocycles. The van der Waals surface area contributed by atoms with E-state index in [0.29, 0.717) is 11.7 Å². The number of rotatable bonds is 3. The Morgan fingerprint density at radius 2 is 2.00 bits per heavy atom. The SMILES string of the molecule is Oc1cccc(CNc2cccc(Cl)n2)c1. The van der Waals surface area contributed by atoms with Gasteiger partial charge in [-0.3, -0.25) is 0 Å². The van der Waals surface area contributed by atoms with E-state index in [1.807, 2.05) is 18.2 Å². The van der Waals surface area contributed by atoms with Crippen LogP contribution in [0.5, 0.6) is 5.75 Å². The number of aromatic nitrogens is 1. The number of nitrogens with zero attached hydrogens (tertiary/aromatic N) is 1. The minimum absolute atomic E-state index is 0.262. The fourth-order valence-electron chi connectivity index (χ4n) is 1.37. The van der Waals surface area contributed by atoms with Crippen LogP contribution in [0.2, 0.25) is 5.15 Å². The molecule has 2 rings (SSSR count). The number of hydrogen-bond donors (Lipinski definition) is 2. The average molecular weight is 235 g/mol. The average Bonchev–Trinajstić information content (AvgIpc) is 2.27. The maximum atomic E-state index is 9.29. The first kappa shape index (κ1) is 10.8. The summed E-state index contributed by atoms with van der Waals surface area (Å²) in [6.07, 6.45) is 0. The highest BCUT2D eigenvalue weighted by Gasteiger charge is 1.97. The number of phenolic OH excluding ortho intramolecular Hbond substituents is 1. The molecule has 0 aliphatic heterocycles. The van der Waals surface area contributed by atoms with Gasteiger partial charge >= 0.3 is 0 Å². The van der Waals surface area contributed by atoms with Crippen molar-refractivity contribution in [3.8, 4) is 5.75 Å². The fourth-order valence-corrected chi connectivity index (χ4v) is 1.53. The molecule has 0 saturated heterocycles. The summed E-state index contributed by atoms with van der Waals surface area (Å²) >= 11 is 5.76. The summed E-state index contributed by atoms with van der Waals surface area (Å²) in [5.74, 6) is 0.981. The maximum absolute atomic E-state index is 9.29. The zero-order valence-electron chi connectivity index (χ0n) is 8.52. The fraction of sp³-hybridized carbons (Fsp3) is 0.0833. The summed E-state index contributed by atoms with van der Waals surface area (Å²) < 4.78 is 0. The molecule has 3 nitrogen and oxygen atoms in total. The largest absolute Gasteiger partial charge is 0.508 e. The first-order valence-corrected chi connectivity index (χ1v) is 5.26. The Hall–Kier alpha value is -1.74. The molecule has 0 unspecified atom stereocenters. The van der Waals surface area contributed by atoms with Crippen molar-refractivity contribution in [2.75, 3.05) is 5.32 Å². The molecule has 0 aliphatic rings. The molecule has 82 valence electrons.